The van der Waals surface area contributed by atoms with Crippen molar-refractivity contribution >= 4 is 0 Å². The van der Waals surface area contributed by atoms with Crippen LogP contribution in [0.3, 0.4) is 0 Å². The van der Waals surface area contributed by atoms with Crippen LogP contribution in [0.5, 0.6) is 5.75 Å². The standard InChI is InChI=1S/C15H23NO2/c1-5-18-14-7-6-12(8-11(14)2)13-9-17-10-15(3,4)16-13/h6-8,13,16H,5,9-10H2,1-4H3. The Morgan fingerprint density at radius 3 is 2.83 bits per heavy atom. The number of ether oxygens (including phenoxy) is 2. The Morgan fingerprint density at radius 2 is 2.22 bits per heavy atom. The molecule has 1 atom stereocenters. The van der Waals surface area contributed by atoms with Crippen molar-refractivity contribution in [1.29, 1.82) is 0 Å². The summed E-state index contributed by atoms with van der Waals surface area (Å²) in [6.07, 6.45) is 0. The van der Waals surface area contributed by atoms with Gasteiger partial charge in [-0.3, -0.25) is 0 Å². The van der Waals surface area contributed by atoms with E-state index in [9.17, 15) is 0 Å². The fraction of sp³-hybridized carbons (Fsp3) is 0.600. The lowest BCUT2D eigenvalue weighted by molar-refractivity contribution is 0.0127. The molecule has 1 aliphatic rings. The Labute approximate surface area is 109 Å². The van der Waals surface area contributed by atoms with E-state index in [4.69, 9.17) is 9.47 Å². The van der Waals surface area contributed by atoms with E-state index < -0.39 is 0 Å². The fourth-order valence-corrected chi connectivity index (χ4v) is 2.37. The summed E-state index contributed by atoms with van der Waals surface area (Å²) < 4.78 is 11.2. The highest BCUT2D eigenvalue weighted by atomic mass is 16.5. The van der Waals surface area contributed by atoms with Crippen molar-refractivity contribution in [2.75, 3.05) is 19.8 Å². The van der Waals surface area contributed by atoms with Crippen LogP contribution in [0.25, 0.3) is 0 Å². The summed E-state index contributed by atoms with van der Waals surface area (Å²) in [6.45, 7) is 10.6. The Kier molecular flexibility index (Phi) is 3.93. The first kappa shape index (κ1) is 13.4. The third kappa shape index (κ3) is 3.03. The zero-order chi connectivity index (χ0) is 13.2. The third-order valence-corrected chi connectivity index (χ3v) is 3.21. The Morgan fingerprint density at radius 1 is 1.44 bits per heavy atom. The molecule has 2 rings (SSSR count). The number of hydrogen-bond donors (Lipinski definition) is 1. The quantitative estimate of drug-likeness (QED) is 0.893. The van der Waals surface area contributed by atoms with Gasteiger partial charge in [0.1, 0.15) is 5.75 Å². The summed E-state index contributed by atoms with van der Waals surface area (Å²) in [4.78, 5) is 0. The van der Waals surface area contributed by atoms with Crippen molar-refractivity contribution in [1.82, 2.24) is 5.32 Å². The molecule has 1 N–H and O–H groups in total. The maximum Gasteiger partial charge on any atom is 0.122 e. The van der Waals surface area contributed by atoms with Gasteiger partial charge in [0, 0.05) is 5.54 Å². The summed E-state index contributed by atoms with van der Waals surface area (Å²) in [6, 6.07) is 6.63. The molecule has 3 heteroatoms. The number of rotatable bonds is 3. The first-order valence-corrected chi connectivity index (χ1v) is 6.60. The highest BCUT2D eigenvalue weighted by Crippen LogP contribution is 2.26. The summed E-state index contributed by atoms with van der Waals surface area (Å²) in [5, 5.41) is 3.62. The predicted molar refractivity (Wildman–Crippen MR) is 73.1 cm³/mol. The second-order valence-electron chi connectivity index (χ2n) is 5.55. The number of nitrogens with one attached hydrogen (secondary N) is 1. The maximum atomic E-state index is 5.68. The van der Waals surface area contributed by atoms with Gasteiger partial charge in [-0.05, 0) is 44.9 Å². The van der Waals surface area contributed by atoms with Gasteiger partial charge >= 0.3 is 0 Å². The van der Waals surface area contributed by atoms with Crippen molar-refractivity contribution in [2.24, 2.45) is 0 Å². The van der Waals surface area contributed by atoms with Gasteiger partial charge < -0.3 is 14.8 Å². The summed E-state index contributed by atoms with van der Waals surface area (Å²) >= 11 is 0. The minimum absolute atomic E-state index is 0.0371. The van der Waals surface area contributed by atoms with Crippen LogP contribution < -0.4 is 10.1 Å². The van der Waals surface area contributed by atoms with Crippen molar-refractivity contribution in [3.8, 4) is 5.75 Å². The highest BCUT2D eigenvalue weighted by Gasteiger charge is 2.28. The molecule has 0 aliphatic carbocycles. The minimum atomic E-state index is 0.0371. The fourth-order valence-electron chi connectivity index (χ4n) is 2.37. The van der Waals surface area contributed by atoms with E-state index in [0.717, 1.165) is 19.0 Å². The molecule has 1 saturated heterocycles. The summed E-state index contributed by atoms with van der Waals surface area (Å²) in [5.41, 5.74) is 2.48. The molecule has 0 bridgehead atoms. The first-order chi connectivity index (χ1) is 8.52. The highest BCUT2D eigenvalue weighted by molar-refractivity contribution is 5.37. The SMILES string of the molecule is CCOc1ccc(C2COCC(C)(C)N2)cc1C. The number of hydrogen-bond acceptors (Lipinski definition) is 3. The topological polar surface area (TPSA) is 30.5 Å². The molecule has 1 aliphatic heterocycles. The summed E-state index contributed by atoms with van der Waals surface area (Å²) in [5.74, 6) is 0.970. The molecule has 0 spiro atoms. The average molecular weight is 249 g/mol. The second-order valence-corrected chi connectivity index (χ2v) is 5.55. The number of aryl methyl sites for hydroxylation is 1. The van der Waals surface area contributed by atoms with Crippen LogP contribution in [0.1, 0.15) is 37.9 Å². The van der Waals surface area contributed by atoms with Crippen LogP contribution in [0.4, 0.5) is 0 Å². The van der Waals surface area contributed by atoms with E-state index in [2.05, 4.69) is 44.3 Å². The lowest BCUT2D eigenvalue weighted by Gasteiger charge is -2.37. The van der Waals surface area contributed by atoms with Gasteiger partial charge in [-0.15, -0.1) is 0 Å². The zero-order valence-corrected chi connectivity index (χ0v) is 11.7. The van der Waals surface area contributed by atoms with Gasteiger partial charge in [-0.25, -0.2) is 0 Å². The van der Waals surface area contributed by atoms with Crippen LogP contribution in [0, 0.1) is 6.92 Å². The maximum absolute atomic E-state index is 5.68. The van der Waals surface area contributed by atoms with Crippen LogP contribution >= 0.6 is 0 Å². The number of morpholine rings is 1. The largest absolute Gasteiger partial charge is 0.494 e. The van der Waals surface area contributed by atoms with E-state index in [1.165, 1.54) is 11.1 Å². The van der Waals surface area contributed by atoms with Crippen molar-refractivity contribution in [3.63, 3.8) is 0 Å². The van der Waals surface area contributed by atoms with Crippen LogP contribution in [0.2, 0.25) is 0 Å². The van der Waals surface area contributed by atoms with Gasteiger partial charge in [0.15, 0.2) is 0 Å². The molecule has 1 aromatic rings. The lowest BCUT2D eigenvalue weighted by atomic mass is 9.97. The van der Waals surface area contributed by atoms with Crippen molar-refractivity contribution in [3.05, 3.63) is 29.3 Å². The van der Waals surface area contributed by atoms with Gasteiger partial charge in [0.05, 0.1) is 25.9 Å². The molecular formula is C15H23NO2. The smallest absolute Gasteiger partial charge is 0.122 e. The molecule has 0 amide bonds. The third-order valence-electron chi connectivity index (χ3n) is 3.21. The molecule has 3 nitrogen and oxygen atoms in total. The van der Waals surface area contributed by atoms with E-state index in [0.29, 0.717) is 6.61 Å². The molecule has 18 heavy (non-hydrogen) atoms. The van der Waals surface area contributed by atoms with Crippen LogP contribution in [-0.2, 0) is 4.74 Å². The molecule has 0 saturated carbocycles. The molecule has 0 aromatic heterocycles. The van der Waals surface area contributed by atoms with Gasteiger partial charge in [0.2, 0.25) is 0 Å². The average Bonchev–Trinajstić information content (AvgIpc) is 2.30. The van der Waals surface area contributed by atoms with E-state index in [1.54, 1.807) is 0 Å². The molecule has 0 radical (unpaired) electrons. The molecule has 1 aromatic carbocycles. The van der Waals surface area contributed by atoms with Crippen molar-refractivity contribution in [2.45, 2.75) is 39.3 Å². The van der Waals surface area contributed by atoms with Gasteiger partial charge in [0.25, 0.3) is 0 Å². The zero-order valence-electron chi connectivity index (χ0n) is 11.7. The van der Waals surface area contributed by atoms with E-state index in [-0.39, 0.29) is 11.6 Å². The monoisotopic (exact) mass is 249 g/mol. The normalized spacial score (nSPS) is 22.8. The number of benzene rings is 1. The molecule has 1 unspecified atom stereocenters. The van der Waals surface area contributed by atoms with E-state index >= 15 is 0 Å². The Balaban J connectivity index is 2.16. The molecular weight excluding hydrogens is 226 g/mol. The summed E-state index contributed by atoms with van der Waals surface area (Å²) in [7, 11) is 0. The predicted octanol–water partition coefficient (Wildman–Crippen LogP) is 2.83. The molecule has 100 valence electrons. The van der Waals surface area contributed by atoms with Crippen LogP contribution in [-0.4, -0.2) is 25.4 Å². The van der Waals surface area contributed by atoms with E-state index in [1.807, 2.05) is 6.92 Å². The Bertz CT molecular complexity index is 415. The van der Waals surface area contributed by atoms with Crippen LogP contribution in [0.15, 0.2) is 18.2 Å². The lowest BCUT2D eigenvalue weighted by Crippen LogP contribution is -2.51. The minimum Gasteiger partial charge on any atom is -0.494 e. The van der Waals surface area contributed by atoms with Crippen molar-refractivity contribution < 1.29 is 9.47 Å². The second kappa shape index (κ2) is 5.29. The first-order valence-electron chi connectivity index (χ1n) is 6.60. The molecule has 1 fully saturated rings. The Hall–Kier alpha value is -1.06. The molecule has 1 heterocycles. The van der Waals surface area contributed by atoms with Gasteiger partial charge in [-0.2, -0.15) is 0 Å². The van der Waals surface area contributed by atoms with Gasteiger partial charge in [-0.1, -0.05) is 12.1 Å².